The molecule has 0 saturated carbocycles. The predicted molar refractivity (Wildman–Crippen MR) is 76.7 cm³/mol. The number of anilines is 1. The maximum atomic E-state index is 11.9. The first-order valence-electron chi connectivity index (χ1n) is 6.26. The van der Waals surface area contributed by atoms with E-state index in [2.05, 4.69) is 15.3 Å². The van der Waals surface area contributed by atoms with Crippen molar-refractivity contribution in [1.82, 2.24) is 14.9 Å². The van der Waals surface area contributed by atoms with Gasteiger partial charge < -0.3 is 5.32 Å². The van der Waals surface area contributed by atoms with E-state index in [9.17, 15) is 9.59 Å². The molecule has 1 aliphatic rings. The third-order valence-corrected chi connectivity index (χ3v) is 4.77. The molecule has 20 heavy (non-hydrogen) atoms. The molecule has 2 aromatic heterocycles. The van der Waals surface area contributed by atoms with Crippen molar-refractivity contribution in [3.63, 3.8) is 0 Å². The van der Waals surface area contributed by atoms with Crippen molar-refractivity contribution in [3.05, 3.63) is 16.8 Å². The van der Waals surface area contributed by atoms with Crippen LogP contribution in [0.15, 0.2) is 6.33 Å². The topological polar surface area (TPSA) is 75.2 Å². The SMILES string of the molecule is Cc1sc2ncnc(NC3CC(=O)N(C)C3=O)c2c1C. The lowest BCUT2D eigenvalue weighted by atomic mass is 10.2. The van der Waals surface area contributed by atoms with Gasteiger partial charge in [0.25, 0.3) is 5.91 Å². The van der Waals surface area contributed by atoms with E-state index in [4.69, 9.17) is 0 Å². The van der Waals surface area contributed by atoms with Gasteiger partial charge in [0.15, 0.2) is 0 Å². The van der Waals surface area contributed by atoms with Gasteiger partial charge in [0.2, 0.25) is 5.91 Å². The summed E-state index contributed by atoms with van der Waals surface area (Å²) in [5.41, 5.74) is 1.11. The number of hydrogen-bond donors (Lipinski definition) is 1. The first-order valence-corrected chi connectivity index (χ1v) is 7.08. The van der Waals surface area contributed by atoms with Gasteiger partial charge in [-0.3, -0.25) is 14.5 Å². The molecule has 7 heteroatoms. The minimum Gasteiger partial charge on any atom is -0.357 e. The van der Waals surface area contributed by atoms with Crippen molar-refractivity contribution >= 4 is 39.2 Å². The molecule has 0 bridgehead atoms. The Morgan fingerprint density at radius 3 is 2.75 bits per heavy atom. The summed E-state index contributed by atoms with van der Waals surface area (Å²) in [4.78, 5) is 35.2. The van der Waals surface area contributed by atoms with Crippen molar-refractivity contribution in [2.24, 2.45) is 0 Å². The highest BCUT2D eigenvalue weighted by atomic mass is 32.1. The second-order valence-electron chi connectivity index (χ2n) is 4.88. The normalized spacial score (nSPS) is 19.1. The molecule has 1 atom stereocenters. The van der Waals surface area contributed by atoms with Gasteiger partial charge in [0.1, 0.15) is 23.0 Å². The Bertz CT molecular complexity index is 724. The molecule has 0 radical (unpaired) electrons. The molecule has 1 N–H and O–H groups in total. The van der Waals surface area contributed by atoms with Crippen molar-refractivity contribution in [2.75, 3.05) is 12.4 Å². The van der Waals surface area contributed by atoms with E-state index in [-0.39, 0.29) is 18.2 Å². The Morgan fingerprint density at radius 2 is 2.10 bits per heavy atom. The molecule has 0 aliphatic carbocycles. The van der Waals surface area contributed by atoms with Crippen molar-refractivity contribution < 1.29 is 9.59 Å². The van der Waals surface area contributed by atoms with Crippen LogP contribution in [0.4, 0.5) is 5.82 Å². The summed E-state index contributed by atoms with van der Waals surface area (Å²) in [5.74, 6) is 0.237. The Balaban J connectivity index is 2.00. The van der Waals surface area contributed by atoms with E-state index >= 15 is 0 Å². The van der Waals surface area contributed by atoms with Crippen LogP contribution < -0.4 is 5.32 Å². The summed E-state index contributed by atoms with van der Waals surface area (Å²) >= 11 is 1.60. The number of hydrogen-bond acceptors (Lipinski definition) is 6. The van der Waals surface area contributed by atoms with E-state index in [0.29, 0.717) is 5.82 Å². The maximum absolute atomic E-state index is 11.9. The van der Waals surface area contributed by atoms with Crippen LogP contribution in [0.25, 0.3) is 10.2 Å². The fourth-order valence-corrected chi connectivity index (χ4v) is 3.32. The molecule has 0 aromatic carbocycles. The van der Waals surface area contributed by atoms with Gasteiger partial charge in [-0.25, -0.2) is 9.97 Å². The zero-order valence-electron chi connectivity index (χ0n) is 11.4. The van der Waals surface area contributed by atoms with E-state index < -0.39 is 6.04 Å². The van der Waals surface area contributed by atoms with Crippen LogP contribution in [0.1, 0.15) is 16.9 Å². The largest absolute Gasteiger partial charge is 0.357 e. The Labute approximate surface area is 119 Å². The molecular formula is C13H14N4O2S. The van der Waals surface area contributed by atoms with Crippen LogP contribution in [0.2, 0.25) is 0 Å². The summed E-state index contributed by atoms with van der Waals surface area (Å²) < 4.78 is 0. The smallest absolute Gasteiger partial charge is 0.251 e. The van der Waals surface area contributed by atoms with E-state index in [1.807, 2.05) is 13.8 Å². The molecule has 2 amide bonds. The lowest BCUT2D eigenvalue weighted by molar-refractivity contribution is -0.136. The molecule has 3 heterocycles. The van der Waals surface area contributed by atoms with Crippen LogP contribution >= 0.6 is 11.3 Å². The molecule has 1 fully saturated rings. The monoisotopic (exact) mass is 290 g/mol. The summed E-state index contributed by atoms with van der Waals surface area (Å²) in [5, 5.41) is 4.03. The van der Waals surface area contributed by atoms with Gasteiger partial charge in [-0.05, 0) is 19.4 Å². The molecule has 2 aromatic rings. The number of likely N-dealkylation sites (N-methyl/N-ethyl adjacent to an activating group) is 1. The van der Waals surface area contributed by atoms with Crippen LogP contribution in [-0.4, -0.2) is 39.8 Å². The molecule has 3 rings (SSSR count). The number of aromatic nitrogens is 2. The number of thiophene rings is 1. The van der Waals surface area contributed by atoms with Gasteiger partial charge in [0, 0.05) is 11.9 Å². The Hall–Kier alpha value is -2.02. The Kier molecular flexibility index (Phi) is 2.93. The Morgan fingerprint density at radius 1 is 1.35 bits per heavy atom. The highest BCUT2D eigenvalue weighted by Gasteiger charge is 2.36. The minimum absolute atomic E-state index is 0.170. The van der Waals surface area contributed by atoms with Crippen LogP contribution in [0, 0.1) is 13.8 Å². The molecular weight excluding hydrogens is 276 g/mol. The molecule has 1 unspecified atom stereocenters. The molecule has 0 spiro atoms. The van der Waals surface area contributed by atoms with Gasteiger partial charge in [-0.2, -0.15) is 0 Å². The number of nitrogens with one attached hydrogen (secondary N) is 1. The summed E-state index contributed by atoms with van der Waals surface area (Å²) in [6.45, 7) is 4.04. The van der Waals surface area contributed by atoms with Gasteiger partial charge in [0.05, 0.1) is 11.8 Å². The highest BCUT2D eigenvalue weighted by molar-refractivity contribution is 7.18. The van der Waals surface area contributed by atoms with Gasteiger partial charge in [-0.1, -0.05) is 0 Å². The van der Waals surface area contributed by atoms with Gasteiger partial charge in [-0.15, -0.1) is 11.3 Å². The average Bonchev–Trinajstić information content (AvgIpc) is 2.83. The van der Waals surface area contributed by atoms with E-state index in [0.717, 1.165) is 20.7 Å². The number of nitrogens with zero attached hydrogens (tertiary/aromatic N) is 3. The second kappa shape index (κ2) is 4.52. The van der Waals surface area contributed by atoms with Crippen LogP contribution in [0.3, 0.4) is 0 Å². The minimum atomic E-state index is -0.537. The molecule has 6 nitrogen and oxygen atoms in total. The fraction of sp³-hybridized carbons (Fsp3) is 0.385. The third kappa shape index (κ3) is 1.85. The molecule has 104 valence electrons. The predicted octanol–water partition coefficient (Wildman–Crippen LogP) is 1.48. The first kappa shape index (κ1) is 13.0. The number of likely N-dealkylation sites (tertiary alicyclic amines) is 1. The van der Waals surface area contributed by atoms with E-state index in [1.54, 1.807) is 11.3 Å². The number of aryl methyl sites for hydroxylation is 2. The number of fused-ring (bicyclic) bond motifs is 1. The second-order valence-corrected chi connectivity index (χ2v) is 6.08. The number of rotatable bonds is 2. The fourth-order valence-electron chi connectivity index (χ4n) is 2.33. The van der Waals surface area contributed by atoms with Crippen molar-refractivity contribution in [1.29, 1.82) is 0 Å². The zero-order valence-corrected chi connectivity index (χ0v) is 12.2. The van der Waals surface area contributed by atoms with Crippen molar-refractivity contribution in [2.45, 2.75) is 26.3 Å². The lowest BCUT2D eigenvalue weighted by Crippen LogP contribution is -2.32. The first-order chi connectivity index (χ1) is 9.49. The summed E-state index contributed by atoms with van der Waals surface area (Å²) in [7, 11) is 1.50. The zero-order chi connectivity index (χ0) is 14.4. The standard InChI is InChI=1S/C13H14N4O2S/c1-6-7(2)20-12-10(6)11(14-5-15-12)16-8-4-9(18)17(3)13(8)19/h5,8H,4H2,1-3H3,(H,14,15,16). The number of amides is 2. The van der Waals surface area contributed by atoms with E-state index in [1.165, 1.54) is 18.3 Å². The van der Waals surface area contributed by atoms with Gasteiger partial charge >= 0.3 is 0 Å². The summed E-state index contributed by atoms with van der Waals surface area (Å²) in [6, 6.07) is -0.537. The number of carbonyl (C=O) groups is 2. The van der Waals surface area contributed by atoms with Crippen LogP contribution in [0.5, 0.6) is 0 Å². The van der Waals surface area contributed by atoms with Crippen molar-refractivity contribution in [3.8, 4) is 0 Å². The lowest BCUT2D eigenvalue weighted by Gasteiger charge is -2.12. The number of carbonyl (C=O) groups excluding carboxylic acids is 2. The quantitative estimate of drug-likeness (QED) is 0.848. The highest BCUT2D eigenvalue weighted by Crippen LogP contribution is 2.33. The average molecular weight is 290 g/mol. The summed E-state index contributed by atoms with van der Waals surface area (Å²) in [6.07, 6.45) is 1.65. The maximum Gasteiger partial charge on any atom is 0.251 e. The molecule has 1 aliphatic heterocycles. The molecule has 1 saturated heterocycles. The van der Waals surface area contributed by atoms with Crippen LogP contribution in [-0.2, 0) is 9.59 Å². The number of imide groups is 1. The third-order valence-electron chi connectivity index (χ3n) is 3.66.